The van der Waals surface area contributed by atoms with Gasteiger partial charge in [0.25, 0.3) is 5.79 Å². The van der Waals surface area contributed by atoms with Gasteiger partial charge in [-0.1, -0.05) is 0 Å². The topological polar surface area (TPSA) is 386 Å². The van der Waals surface area contributed by atoms with Crippen molar-refractivity contribution in [3.8, 4) is 0 Å². The molecule has 0 aliphatic carbocycles. The maximum absolute atomic E-state index is 12.9. The molecule has 4 heterocycles. The molecular weight excluding hydrogens is 1180 g/mol. The van der Waals surface area contributed by atoms with Gasteiger partial charge < -0.3 is 104 Å². The van der Waals surface area contributed by atoms with Crippen molar-refractivity contribution in [2.75, 3.05) is 6.61 Å². The van der Waals surface area contributed by atoms with Crippen LogP contribution in [-0.4, -0.2) is 211 Å². The smallest absolute Gasteiger partial charge is 0.397 e. The Morgan fingerprint density at radius 2 is 1.35 bits per heavy atom. The van der Waals surface area contributed by atoms with Crippen LogP contribution in [0.1, 0.15) is 34.1 Å². The molecule has 21 unspecified atom stereocenters. The molecule has 4 fully saturated rings. The summed E-state index contributed by atoms with van der Waals surface area (Å²) in [5, 5.41) is 102. The van der Waals surface area contributed by atoms with E-state index in [4.69, 9.17) is 33.2 Å². The first kappa shape index (κ1) is 55.2. The zero-order chi connectivity index (χ0) is 43.8. The second-order valence-corrected chi connectivity index (χ2v) is 15.6. The van der Waals surface area contributed by atoms with Gasteiger partial charge in [0.2, 0.25) is 11.8 Å². The molecule has 12 N–H and O–H groups in total. The Morgan fingerprint density at radius 1 is 0.800 bits per heavy atom. The van der Waals surface area contributed by atoms with Crippen LogP contribution in [0.15, 0.2) is 0 Å². The van der Waals surface area contributed by atoms with Crippen molar-refractivity contribution in [2.24, 2.45) is 0 Å². The SMILES string of the molecule is [CH2-]C(O)C(O)C1OC(OC2C(O)C(COS(=O)(=O)O)OC(OC3C([CH2-])OC(C)C(NC(C)=O)C3OC3OC(C)C(O)C(O)C3O)C2O)(C(=O)O)CC(O)C1NC(C)=O.[W].[W]. The third-order valence-electron chi connectivity index (χ3n) is 10.0. The number of amides is 2. The van der Waals surface area contributed by atoms with Crippen LogP contribution in [-0.2, 0) is 104 Å². The zero-order valence-electron chi connectivity index (χ0n) is 32.4. The number of carboxylic acids is 1. The van der Waals surface area contributed by atoms with Crippen molar-refractivity contribution in [1.82, 2.24) is 10.6 Å². The predicted octanol–water partition coefficient (Wildman–Crippen LogP) is -6.65. The summed E-state index contributed by atoms with van der Waals surface area (Å²) in [4.78, 5) is 37.2. The molecule has 348 valence electrons. The minimum atomic E-state index is -5.25. The number of ether oxygens (including phenoxy) is 7. The number of hydrogen-bond donors (Lipinski definition) is 12. The van der Waals surface area contributed by atoms with Gasteiger partial charge in [-0.15, -0.1) is 0 Å². The van der Waals surface area contributed by atoms with Crippen LogP contribution in [0, 0.1) is 13.8 Å². The summed E-state index contributed by atoms with van der Waals surface area (Å²) in [6.07, 6.45) is -33.5. The van der Waals surface area contributed by atoms with E-state index in [1.54, 1.807) is 0 Å². The summed E-state index contributed by atoms with van der Waals surface area (Å²) in [7, 11) is -5.25. The third-order valence-corrected chi connectivity index (χ3v) is 10.5. The van der Waals surface area contributed by atoms with Crippen LogP contribution < -0.4 is 10.6 Å². The number of carboxylic acid groups (broad SMARTS) is 1. The van der Waals surface area contributed by atoms with Gasteiger partial charge in [0.15, 0.2) is 12.6 Å². The molecule has 21 atom stereocenters. The van der Waals surface area contributed by atoms with Gasteiger partial charge in [0, 0.05) is 62.4 Å². The average Bonchev–Trinajstić information content (AvgIpc) is 3.11. The number of aliphatic carboxylic acids is 1. The Bertz CT molecular complexity index is 1550. The van der Waals surface area contributed by atoms with Crippen LogP contribution in [0.3, 0.4) is 0 Å². The normalized spacial score (nSPS) is 43.3. The van der Waals surface area contributed by atoms with Gasteiger partial charge in [0.1, 0.15) is 54.9 Å². The standard InChI is InChI=1S/C32H52N2O23S.2W/c1-9(35)19(39)26-18(34-14(6)37)15(38)7-32(56-26,31(45)46)57-28-21(41)16(8-50-58(47,48)49)53-30(24(28)44)54-25-12(4)51-10(2)17(33-13(5)36)27(25)55-29-23(43)22(42)20(40)11(3)52-29;;/h9-12,15-30,35,38-44H,1,4,7-8H2,2-3,5-6H3,(H,33,36)(H,34,37)(H,45,46)(H,47,48,49);;/q-2;;. The van der Waals surface area contributed by atoms with E-state index in [-0.39, 0.29) is 42.1 Å². The Morgan fingerprint density at radius 3 is 1.88 bits per heavy atom. The van der Waals surface area contributed by atoms with E-state index >= 15 is 0 Å². The summed E-state index contributed by atoms with van der Waals surface area (Å²) in [6.45, 7) is 10.9. The van der Waals surface area contributed by atoms with E-state index in [1.165, 1.54) is 13.8 Å². The van der Waals surface area contributed by atoms with E-state index in [0.717, 1.165) is 13.8 Å². The molecule has 0 aromatic carbocycles. The van der Waals surface area contributed by atoms with Crippen LogP contribution in [0.2, 0.25) is 0 Å². The van der Waals surface area contributed by atoms with E-state index in [1.807, 2.05) is 0 Å². The van der Waals surface area contributed by atoms with Crippen molar-refractivity contribution < 1.29 is 153 Å². The molecule has 0 aromatic rings. The molecule has 4 aliphatic rings. The number of hydrogen-bond acceptors (Lipinski definition) is 21. The molecule has 0 aromatic heterocycles. The number of aliphatic hydroxyl groups is 8. The van der Waals surface area contributed by atoms with Crippen molar-refractivity contribution >= 4 is 28.2 Å². The molecule has 28 heteroatoms. The fourth-order valence-electron chi connectivity index (χ4n) is 7.12. The summed E-state index contributed by atoms with van der Waals surface area (Å²) < 4.78 is 77.3. The molecule has 4 saturated heterocycles. The first-order chi connectivity index (χ1) is 26.8. The molecular formula is C32H52N2O23SW2-2. The average molecular weight is 1230 g/mol. The monoisotopic (exact) mass is 1230 g/mol. The van der Waals surface area contributed by atoms with E-state index in [9.17, 15) is 73.3 Å². The quantitative estimate of drug-likeness (QED) is 0.0568. The first-order valence-electron chi connectivity index (χ1n) is 17.9. The summed E-state index contributed by atoms with van der Waals surface area (Å²) >= 11 is 0. The summed E-state index contributed by atoms with van der Waals surface area (Å²) in [5.41, 5.74) is 0. The first-order valence-corrected chi connectivity index (χ1v) is 19.3. The van der Waals surface area contributed by atoms with Crippen molar-refractivity contribution in [2.45, 2.75) is 162 Å². The van der Waals surface area contributed by atoms with Crippen LogP contribution in [0.4, 0.5) is 0 Å². The molecule has 4 aliphatic heterocycles. The molecule has 4 rings (SSSR count). The second kappa shape index (κ2) is 22.3. The zero-order valence-corrected chi connectivity index (χ0v) is 39.1. The number of aliphatic hydroxyl groups excluding tert-OH is 8. The van der Waals surface area contributed by atoms with Crippen molar-refractivity contribution in [3.63, 3.8) is 0 Å². The van der Waals surface area contributed by atoms with Gasteiger partial charge in [-0.3, -0.25) is 14.1 Å². The molecule has 2 amide bonds. The number of nitrogens with one attached hydrogen (secondary N) is 2. The van der Waals surface area contributed by atoms with Crippen LogP contribution in [0.5, 0.6) is 0 Å². The van der Waals surface area contributed by atoms with Gasteiger partial charge in [-0.25, -0.2) is 8.98 Å². The Kier molecular flexibility index (Phi) is 20.5. The molecule has 25 nitrogen and oxygen atoms in total. The summed E-state index contributed by atoms with van der Waals surface area (Å²) in [6, 6.07) is -2.77. The molecule has 0 saturated carbocycles. The van der Waals surface area contributed by atoms with Crippen molar-refractivity contribution in [1.29, 1.82) is 0 Å². The second-order valence-electron chi connectivity index (χ2n) is 14.5. The minimum Gasteiger partial charge on any atom is -0.477 e. The fourth-order valence-corrected chi connectivity index (χ4v) is 7.43. The van der Waals surface area contributed by atoms with E-state index < -0.39 is 169 Å². The third kappa shape index (κ3) is 12.9. The van der Waals surface area contributed by atoms with E-state index in [0.29, 0.717) is 0 Å². The Hall–Kier alpha value is -0.943. The molecule has 0 spiro atoms. The Labute approximate surface area is 372 Å². The predicted molar refractivity (Wildman–Crippen MR) is 183 cm³/mol. The van der Waals surface area contributed by atoms with Gasteiger partial charge in [-0.2, -0.15) is 8.42 Å². The van der Waals surface area contributed by atoms with Gasteiger partial charge in [0.05, 0.1) is 49.2 Å². The maximum atomic E-state index is 12.9. The fraction of sp³-hybridized carbons (Fsp3) is 0.844. The maximum Gasteiger partial charge on any atom is 0.397 e. The molecule has 0 radical (unpaired) electrons. The van der Waals surface area contributed by atoms with Gasteiger partial charge >= 0.3 is 16.4 Å². The summed E-state index contributed by atoms with van der Waals surface area (Å²) in [5.74, 6) is -6.58. The number of carbonyl (C=O) groups excluding carboxylic acids is 2. The van der Waals surface area contributed by atoms with Crippen LogP contribution in [0.25, 0.3) is 0 Å². The largest absolute Gasteiger partial charge is 0.477 e. The number of rotatable bonds is 14. The van der Waals surface area contributed by atoms with Crippen LogP contribution >= 0.6 is 0 Å². The van der Waals surface area contributed by atoms with Crippen molar-refractivity contribution in [3.05, 3.63) is 13.8 Å². The molecule has 60 heavy (non-hydrogen) atoms. The number of carbonyl (C=O) groups is 3. The molecule has 0 bridgehead atoms. The van der Waals surface area contributed by atoms with E-state index in [2.05, 4.69) is 28.7 Å². The Balaban J connectivity index is 0.00000620. The minimum absolute atomic E-state index is 0. The van der Waals surface area contributed by atoms with Gasteiger partial charge in [-0.05, 0) is 26.1 Å².